The summed E-state index contributed by atoms with van der Waals surface area (Å²) in [6.45, 7) is 1.96. The molecule has 0 saturated heterocycles. The molecule has 2 rings (SSSR count). The van der Waals surface area contributed by atoms with E-state index in [9.17, 15) is 0 Å². The first kappa shape index (κ1) is 14.4. The molecule has 0 aliphatic carbocycles. The van der Waals surface area contributed by atoms with Crippen molar-refractivity contribution in [3.63, 3.8) is 0 Å². The summed E-state index contributed by atoms with van der Waals surface area (Å²) in [5.74, 6) is 1.67. The van der Waals surface area contributed by atoms with E-state index in [4.69, 9.17) is 10.5 Å². The number of benzene rings is 2. The van der Waals surface area contributed by atoms with Crippen LogP contribution in [-0.4, -0.2) is 6.26 Å². The topological polar surface area (TPSA) is 35.2 Å². The number of ether oxygens (including phenoxy) is 1. The van der Waals surface area contributed by atoms with Crippen LogP contribution in [0.5, 0.6) is 11.5 Å². The quantitative estimate of drug-likeness (QED) is 0.798. The second-order valence-corrected chi connectivity index (χ2v) is 5.93. The Morgan fingerprint density at radius 3 is 2.58 bits per heavy atom. The van der Waals surface area contributed by atoms with E-state index >= 15 is 0 Å². The van der Waals surface area contributed by atoms with Crippen LogP contribution in [0.4, 0.5) is 0 Å². The molecular weight excluding hydrogens is 322 g/mol. The van der Waals surface area contributed by atoms with E-state index in [1.54, 1.807) is 11.8 Å². The van der Waals surface area contributed by atoms with Gasteiger partial charge >= 0.3 is 0 Å². The molecule has 2 nitrogen and oxygen atoms in total. The molecule has 0 bridgehead atoms. The second-order valence-electron chi connectivity index (χ2n) is 4.22. The summed E-state index contributed by atoms with van der Waals surface area (Å²) in [5, 5.41) is 0. The number of para-hydroxylation sites is 1. The van der Waals surface area contributed by atoms with Crippen LogP contribution in [-0.2, 0) is 0 Å². The normalized spacial score (nSPS) is 12.2. The number of nitrogens with two attached hydrogens (primary N) is 1. The van der Waals surface area contributed by atoms with E-state index in [1.165, 1.54) is 0 Å². The molecule has 0 radical (unpaired) electrons. The standard InChI is InChI=1S/C15H16BrNOS/c1-10(17)12-8-7-11(9-13(12)16)18-14-5-3-4-6-15(14)19-2/h3-10H,17H2,1-2H3. The van der Waals surface area contributed by atoms with Crippen LogP contribution in [0, 0.1) is 0 Å². The lowest BCUT2D eigenvalue weighted by molar-refractivity contribution is 0.470. The summed E-state index contributed by atoms with van der Waals surface area (Å²) < 4.78 is 6.90. The van der Waals surface area contributed by atoms with Gasteiger partial charge in [-0.1, -0.05) is 34.1 Å². The Bertz CT molecular complexity index is 572. The highest BCUT2D eigenvalue weighted by molar-refractivity contribution is 9.10. The Hall–Kier alpha value is -0.970. The average Bonchev–Trinajstić information content (AvgIpc) is 2.39. The maximum atomic E-state index is 5.92. The molecule has 100 valence electrons. The van der Waals surface area contributed by atoms with Crippen molar-refractivity contribution in [3.05, 3.63) is 52.5 Å². The lowest BCUT2D eigenvalue weighted by Gasteiger charge is -2.12. The first-order valence-corrected chi connectivity index (χ1v) is 7.99. The largest absolute Gasteiger partial charge is 0.456 e. The fourth-order valence-corrected chi connectivity index (χ4v) is 3.02. The molecule has 4 heteroatoms. The summed E-state index contributed by atoms with van der Waals surface area (Å²) in [4.78, 5) is 1.12. The molecule has 1 unspecified atom stereocenters. The minimum absolute atomic E-state index is 0.00177. The van der Waals surface area contributed by atoms with Crippen LogP contribution in [0.1, 0.15) is 18.5 Å². The molecule has 19 heavy (non-hydrogen) atoms. The second kappa shape index (κ2) is 6.46. The summed E-state index contributed by atoms with van der Waals surface area (Å²) in [6.07, 6.45) is 2.04. The van der Waals surface area contributed by atoms with Crippen molar-refractivity contribution in [1.29, 1.82) is 0 Å². The van der Waals surface area contributed by atoms with Crippen LogP contribution in [0.15, 0.2) is 51.8 Å². The third-order valence-electron chi connectivity index (χ3n) is 2.76. The first-order chi connectivity index (χ1) is 9.11. The fourth-order valence-electron chi connectivity index (χ4n) is 1.77. The predicted molar refractivity (Wildman–Crippen MR) is 85.0 cm³/mol. The Morgan fingerprint density at radius 1 is 1.21 bits per heavy atom. The Balaban J connectivity index is 2.26. The number of rotatable bonds is 4. The third-order valence-corrected chi connectivity index (χ3v) is 4.22. The van der Waals surface area contributed by atoms with E-state index in [0.29, 0.717) is 0 Å². The molecule has 0 saturated carbocycles. The van der Waals surface area contributed by atoms with Gasteiger partial charge in [0.2, 0.25) is 0 Å². The van der Waals surface area contributed by atoms with Gasteiger partial charge in [-0.3, -0.25) is 0 Å². The van der Waals surface area contributed by atoms with Crippen LogP contribution in [0.2, 0.25) is 0 Å². The van der Waals surface area contributed by atoms with Crippen LogP contribution in [0.3, 0.4) is 0 Å². The van der Waals surface area contributed by atoms with Crippen molar-refractivity contribution in [2.45, 2.75) is 17.9 Å². The summed E-state index contributed by atoms with van der Waals surface area (Å²) in [5.41, 5.74) is 6.96. The van der Waals surface area contributed by atoms with Crippen LogP contribution in [0.25, 0.3) is 0 Å². The SMILES string of the molecule is CSc1ccccc1Oc1ccc(C(C)N)c(Br)c1. The Kier molecular flexibility index (Phi) is 4.91. The van der Waals surface area contributed by atoms with E-state index in [2.05, 4.69) is 15.9 Å². The van der Waals surface area contributed by atoms with Gasteiger partial charge < -0.3 is 10.5 Å². The minimum Gasteiger partial charge on any atom is -0.456 e. The number of thioether (sulfide) groups is 1. The molecule has 2 aromatic carbocycles. The molecule has 0 fully saturated rings. The zero-order chi connectivity index (χ0) is 13.8. The predicted octanol–water partition coefficient (Wildman–Crippen LogP) is 4.98. The molecule has 0 aliphatic heterocycles. The summed E-state index contributed by atoms with van der Waals surface area (Å²) in [6, 6.07) is 13.9. The highest BCUT2D eigenvalue weighted by atomic mass is 79.9. The number of hydrogen-bond acceptors (Lipinski definition) is 3. The van der Waals surface area contributed by atoms with Crippen molar-refractivity contribution in [2.75, 3.05) is 6.26 Å². The van der Waals surface area contributed by atoms with Gasteiger partial charge in [0.15, 0.2) is 0 Å². The van der Waals surface area contributed by atoms with Crippen molar-refractivity contribution in [2.24, 2.45) is 5.73 Å². The lowest BCUT2D eigenvalue weighted by atomic mass is 10.1. The average molecular weight is 338 g/mol. The van der Waals surface area contributed by atoms with E-state index in [1.807, 2.05) is 55.6 Å². The van der Waals surface area contributed by atoms with Crippen LogP contribution < -0.4 is 10.5 Å². The highest BCUT2D eigenvalue weighted by Gasteiger charge is 2.08. The van der Waals surface area contributed by atoms with Gasteiger partial charge in [-0.05, 0) is 43.0 Å². The zero-order valence-electron chi connectivity index (χ0n) is 10.9. The van der Waals surface area contributed by atoms with Gasteiger partial charge in [0, 0.05) is 15.4 Å². The summed E-state index contributed by atoms with van der Waals surface area (Å²) >= 11 is 5.20. The zero-order valence-corrected chi connectivity index (χ0v) is 13.3. The van der Waals surface area contributed by atoms with Gasteiger partial charge in [-0.25, -0.2) is 0 Å². The minimum atomic E-state index is 0.00177. The van der Waals surface area contributed by atoms with Crippen LogP contribution >= 0.6 is 27.7 Å². The lowest BCUT2D eigenvalue weighted by Crippen LogP contribution is -2.05. The number of halogens is 1. The fraction of sp³-hybridized carbons (Fsp3) is 0.200. The van der Waals surface area contributed by atoms with Crippen molar-refractivity contribution >= 4 is 27.7 Å². The van der Waals surface area contributed by atoms with Gasteiger partial charge in [0.05, 0.1) is 0 Å². The highest BCUT2D eigenvalue weighted by Crippen LogP contribution is 2.33. The molecule has 0 aromatic heterocycles. The van der Waals surface area contributed by atoms with Gasteiger partial charge in [0.1, 0.15) is 11.5 Å². The Labute approximate surface area is 126 Å². The maximum absolute atomic E-state index is 5.92. The summed E-state index contributed by atoms with van der Waals surface area (Å²) in [7, 11) is 0. The van der Waals surface area contributed by atoms with Gasteiger partial charge in [-0.2, -0.15) is 0 Å². The van der Waals surface area contributed by atoms with Crippen molar-refractivity contribution < 1.29 is 4.74 Å². The molecule has 2 N–H and O–H groups in total. The molecular formula is C15H16BrNOS. The molecule has 1 atom stereocenters. The van der Waals surface area contributed by atoms with Gasteiger partial charge in [0.25, 0.3) is 0 Å². The van der Waals surface area contributed by atoms with E-state index in [0.717, 1.165) is 26.4 Å². The third kappa shape index (κ3) is 3.53. The number of hydrogen-bond donors (Lipinski definition) is 1. The Morgan fingerprint density at radius 2 is 1.95 bits per heavy atom. The van der Waals surface area contributed by atoms with E-state index < -0.39 is 0 Å². The molecule has 0 spiro atoms. The molecule has 2 aromatic rings. The van der Waals surface area contributed by atoms with Gasteiger partial charge in [-0.15, -0.1) is 11.8 Å². The monoisotopic (exact) mass is 337 g/mol. The molecule has 0 heterocycles. The first-order valence-electron chi connectivity index (χ1n) is 5.97. The molecule has 0 aliphatic rings. The smallest absolute Gasteiger partial charge is 0.140 e. The maximum Gasteiger partial charge on any atom is 0.140 e. The molecule has 0 amide bonds. The van der Waals surface area contributed by atoms with Crippen molar-refractivity contribution in [3.8, 4) is 11.5 Å². The van der Waals surface area contributed by atoms with Crippen molar-refractivity contribution in [1.82, 2.24) is 0 Å². The van der Waals surface area contributed by atoms with E-state index in [-0.39, 0.29) is 6.04 Å².